The van der Waals surface area contributed by atoms with Crippen LogP contribution in [0.3, 0.4) is 0 Å². The highest BCUT2D eigenvalue weighted by molar-refractivity contribution is 7.11. The number of nitrogens with zero attached hydrogens (tertiary/aromatic N) is 1. The molecular weight excluding hydrogens is 458 g/mol. The first-order valence-corrected chi connectivity index (χ1v) is 10.9. The summed E-state index contributed by atoms with van der Waals surface area (Å²) >= 11 is 0.673. The Balaban J connectivity index is 1.94. The highest BCUT2D eigenvalue weighted by atomic mass is 32.1. The first-order valence-electron chi connectivity index (χ1n) is 10.2. The molecule has 1 aromatic heterocycles. The van der Waals surface area contributed by atoms with E-state index in [1.807, 2.05) is 20.8 Å². The van der Waals surface area contributed by atoms with E-state index in [2.05, 4.69) is 20.3 Å². The third kappa shape index (κ3) is 8.22. The molecule has 182 valence electrons. The lowest BCUT2D eigenvalue weighted by Gasteiger charge is -2.22. The molecule has 0 aliphatic rings. The second-order valence-corrected chi connectivity index (χ2v) is 9.21. The van der Waals surface area contributed by atoms with Crippen molar-refractivity contribution in [3.8, 4) is 5.88 Å². The van der Waals surface area contributed by atoms with Crippen LogP contribution in [-0.4, -0.2) is 51.3 Å². The Morgan fingerprint density at radius 1 is 1.24 bits per heavy atom. The molecule has 2 amide bonds. The van der Waals surface area contributed by atoms with Gasteiger partial charge in [0.2, 0.25) is 5.88 Å². The molecule has 2 rings (SSSR count). The number of benzene rings is 1. The van der Waals surface area contributed by atoms with Crippen LogP contribution in [0.25, 0.3) is 0 Å². The fourth-order valence-corrected chi connectivity index (χ4v) is 3.34. The quantitative estimate of drug-likeness (QED) is 0.348. The Bertz CT molecular complexity index is 994. The summed E-state index contributed by atoms with van der Waals surface area (Å²) in [7, 11) is 0. The number of aliphatic hydroxyl groups excluding tert-OH is 1. The maximum Gasteiger partial charge on any atom is 0.344 e. The Labute approximate surface area is 194 Å². The Morgan fingerprint density at radius 3 is 2.58 bits per heavy atom. The van der Waals surface area contributed by atoms with E-state index in [0.29, 0.717) is 18.1 Å². The van der Waals surface area contributed by atoms with Gasteiger partial charge in [-0.1, -0.05) is 0 Å². The zero-order valence-corrected chi connectivity index (χ0v) is 19.6. The van der Waals surface area contributed by atoms with E-state index in [4.69, 9.17) is 4.74 Å². The molecule has 33 heavy (non-hydrogen) atoms. The van der Waals surface area contributed by atoms with Gasteiger partial charge in [-0.15, -0.1) is 0 Å². The van der Waals surface area contributed by atoms with Gasteiger partial charge in [0.05, 0.1) is 6.10 Å². The Morgan fingerprint density at radius 2 is 1.94 bits per heavy atom. The lowest BCUT2D eigenvalue weighted by Crippen LogP contribution is -2.42. The zero-order chi connectivity index (χ0) is 24.8. The maximum atomic E-state index is 14.0. The van der Waals surface area contributed by atoms with E-state index in [1.165, 1.54) is 6.92 Å². The first kappa shape index (κ1) is 26.4. The molecule has 0 fully saturated rings. The van der Waals surface area contributed by atoms with Crippen molar-refractivity contribution in [3.63, 3.8) is 0 Å². The molecule has 1 unspecified atom stereocenters. The van der Waals surface area contributed by atoms with E-state index >= 15 is 0 Å². The molecule has 0 aliphatic carbocycles. The number of rotatable bonds is 10. The van der Waals surface area contributed by atoms with Crippen molar-refractivity contribution in [1.82, 2.24) is 15.0 Å². The molecule has 5 N–H and O–H groups in total. The number of ether oxygens (including phenoxy) is 1. The highest BCUT2D eigenvalue weighted by Gasteiger charge is 2.24. The molecule has 1 heterocycles. The van der Waals surface area contributed by atoms with Crippen LogP contribution in [-0.2, 0) is 6.61 Å². The number of carbonyl (C=O) groups excluding carboxylic acids is 1. The number of carboxylic acid groups (broad SMARTS) is 1. The smallest absolute Gasteiger partial charge is 0.344 e. The lowest BCUT2D eigenvalue weighted by atomic mass is 10.1. The molecule has 0 aliphatic heterocycles. The minimum atomic E-state index is -1.41. The summed E-state index contributed by atoms with van der Waals surface area (Å²) in [6, 6.07) is 1.30. The van der Waals surface area contributed by atoms with Gasteiger partial charge in [-0.05, 0) is 63.3 Å². The number of aryl methyl sites for hydroxylation is 1. The third-order valence-electron chi connectivity index (χ3n) is 4.42. The summed E-state index contributed by atoms with van der Waals surface area (Å²) < 4.78 is 36.8. The number of nitrogens with one attached hydrogen (secondary N) is 3. The van der Waals surface area contributed by atoms with E-state index in [0.717, 1.165) is 12.1 Å². The summed E-state index contributed by atoms with van der Waals surface area (Å²) in [4.78, 5) is 23.8. The molecule has 0 bridgehead atoms. The monoisotopic (exact) mass is 486 g/mol. The number of aromatic nitrogens is 1. The minimum Gasteiger partial charge on any atom is -0.477 e. The SMILES string of the molecule is Cc1cc(F)c(COc2nsc(NC(=O)NCCC(O)CNC(C)(C)C)c2C(=O)O)cc1F. The van der Waals surface area contributed by atoms with Crippen LogP contribution in [0.2, 0.25) is 0 Å². The Kier molecular flexibility index (Phi) is 9.08. The number of hydrogen-bond donors (Lipinski definition) is 5. The van der Waals surface area contributed by atoms with Crippen LogP contribution in [0.4, 0.5) is 18.6 Å². The highest BCUT2D eigenvalue weighted by Crippen LogP contribution is 2.31. The third-order valence-corrected chi connectivity index (χ3v) is 5.17. The van der Waals surface area contributed by atoms with Gasteiger partial charge >= 0.3 is 12.0 Å². The van der Waals surface area contributed by atoms with Crippen molar-refractivity contribution < 1.29 is 33.3 Å². The molecule has 2 aromatic rings. The van der Waals surface area contributed by atoms with Crippen LogP contribution in [0.15, 0.2) is 12.1 Å². The van der Waals surface area contributed by atoms with Crippen molar-refractivity contribution in [3.05, 3.63) is 40.5 Å². The van der Waals surface area contributed by atoms with E-state index in [-0.39, 0.29) is 40.5 Å². The molecule has 0 radical (unpaired) electrons. The summed E-state index contributed by atoms with van der Waals surface area (Å²) in [5.41, 5.74) is -0.525. The number of aliphatic hydroxyl groups is 1. The molecule has 1 aromatic carbocycles. The number of hydrogen-bond acceptors (Lipinski definition) is 7. The minimum absolute atomic E-state index is 0.0829. The average molecular weight is 487 g/mol. The summed E-state index contributed by atoms with van der Waals surface area (Å²) in [6.45, 7) is 7.38. The predicted octanol–water partition coefficient (Wildman–Crippen LogP) is 3.27. The topological polar surface area (TPSA) is 133 Å². The first-order chi connectivity index (χ1) is 15.4. The normalized spacial score (nSPS) is 12.3. The average Bonchev–Trinajstić information content (AvgIpc) is 3.10. The predicted molar refractivity (Wildman–Crippen MR) is 120 cm³/mol. The van der Waals surface area contributed by atoms with Gasteiger partial charge in [0.15, 0.2) is 5.56 Å². The van der Waals surface area contributed by atoms with Crippen molar-refractivity contribution in [2.75, 3.05) is 18.4 Å². The number of halogens is 2. The van der Waals surface area contributed by atoms with Gasteiger partial charge in [0, 0.05) is 24.2 Å². The van der Waals surface area contributed by atoms with Crippen LogP contribution in [0.5, 0.6) is 5.88 Å². The number of anilines is 1. The number of β-amino-alcohol motifs (C(OH)–C–C–N with tert-alkyl or cyclic N) is 1. The second-order valence-electron chi connectivity index (χ2n) is 8.43. The fraction of sp³-hybridized carbons (Fsp3) is 0.476. The lowest BCUT2D eigenvalue weighted by molar-refractivity contribution is 0.0693. The van der Waals surface area contributed by atoms with Crippen LogP contribution in [0, 0.1) is 18.6 Å². The number of aromatic carboxylic acids is 1. The molecule has 0 spiro atoms. The maximum absolute atomic E-state index is 14.0. The number of urea groups is 1. The van der Waals surface area contributed by atoms with Gasteiger partial charge in [-0.3, -0.25) is 5.32 Å². The number of carboxylic acids is 1. The fourth-order valence-electron chi connectivity index (χ4n) is 2.62. The molecule has 12 heteroatoms. The Hall–Kier alpha value is -2.83. The van der Waals surface area contributed by atoms with Crippen LogP contribution >= 0.6 is 11.5 Å². The van der Waals surface area contributed by atoms with Crippen molar-refractivity contribution in [1.29, 1.82) is 0 Å². The molecule has 0 saturated carbocycles. The van der Waals surface area contributed by atoms with Gasteiger partial charge in [-0.2, -0.15) is 4.37 Å². The summed E-state index contributed by atoms with van der Waals surface area (Å²) in [5.74, 6) is -3.05. The van der Waals surface area contributed by atoms with Gasteiger partial charge < -0.3 is 25.6 Å². The van der Waals surface area contributed by atoms with Crippen molar-refractivity contribution in [2.24, 2.45) is 0 Å². The van der Waals surface area contributed by atoms with E-state index in [9.17, 15) is 28.6 Å². The van der Waals surface area contributed by atoms with Crippen molar-refractivity contribution >= 4 is 28.5 Å². The van der Waals surface area contributed by atoms with Crippen LogP contribution < -0.4 is 20.7 Å². The number of carbonyl (C=O) groups is 2. The van der Waals surface area contributed by atoms with Gasteiger partial charge in [-0.25, -0.2) is 18.4 Å². The molecular formula is C21H28F2N4O5S. The number of amides is 2. The zero-order valence-electron chi connectivity index (χ0n) is 18.8. The summed E-state index contributed by atoms with van der Waals surface area (Å²) in [6.07, 6.45) is -0.382. The van der Waals surface area contributed by atoms with Gasteiger partial charge in [0.25, 0.3) is 0 Å². The summed E-state index contributed by atoms with van der Waals surface area (Å²) in [5, 5.41) is 27.4. The van der Waals surface area contributed by atoms with E-state index < -0.39 is 41.9 Å². The van der Waals surface area contributed by atoms with Crippen LogP contribution in [0.1, 0.15) is 48.7 Å². The van der Waals surface area contributed by atoms with Crippen molar-refractivity contribution in [2.45, 2.75) is 52.4 Å². The van der Waals surface area contributed by atoms with Gasteiger partial charge in [0.1, 0.15) is 23.2 Å². The molecule has 0 saturated heterocycles. The second kappa shape index (κ2) is 11.3. The molecule has 9 nitrogen and oxygen atoms in total. The molecule has 1 atom stereocenters. The largest absolute Gasteiger partial charge is 0.477 e. The van der Waals surface area contributed by atoms with E-state index in [1.54, 1.807) is 0 Å². The standard InChI is InChI=1S/C21H28F2N4O5S/c1-11-7-15(23)12(8-14(11)22)10-32-17-16(19(29)30)18(33-27-17)26-20(31)24-6-5-13(28)9-25-21(2,3)4/h7-8,13,25,28H,5-6,9-10H2,1-4H3,(H,29,30)(H2,24,26,31).